The third kappa shape index (κ3) is 2.20. The van der Waals surface area contributed by atoms with Crippen LogP contribution in [0.4, 0.5) is 0 Å². The van der Waals surface area contributed by atoms with Crippen molar-refractivity contribution < 1.29 is 9.53 Å². The van der Waals surface area contributed by atoms with E-state index in [1.54, 1.807) is 12.1 Å². The zero-order chi connectivity index (χ0) is 10.5. The maximum Gasteiger partial charge on any atom is 0.299 e. The average molecular weight is 199 g/mol. The maximum absolute atomic E-state index is 10.2. The first-order valence-corrected chi connectivity index (χ1v) is 4.53. The van der Waals surface area contributed by atoms with E-state index in [0.29, 0.717) is 12.4 Å². The van der Waals surface area contributed by atoms with E-state index in [9.17, 15) is 4.79 Å². The molecule has 0 fully saturated rings. The molecule has 0 aliphatic heterocycles. The number of hydrogen-bond donors (Lipinski definition) is 0. The fourth-order valence-electron chi connectivity index (χ4n) is 1.30. The van der Waals surface area contributed by atoms with Gasteiger partial charge in [0, 0.05) is 11.6 Å². The number of carbonyl (C=O) groups is 1. The molecular weight excluding hydrogens is 190 g/mol. The second-order valence-electron chi connectivity index (χ2n) is 2.94. The maximum atomic E-state index is 10.2. The second kappa shape index (κ2) is 4.37. The van der Waals surface area contributed by atoms with Crippen molar-refractivity contribution in [2.75, 3.05) is 0 Å². The highest BCUT2D eigenvalue weighted by Gasteiger charge is 2.00. The Morgan fingerprint density at radius 3 is 2.53 bits per heavy atom. The number of rotatable bonds is 3. The number of nitrogens with zero attached hydrogens (tertiary/aromatic N) is 1. The summed E-state index contributed by atoms with van der Waals surface area (Å²) in [5, 5.41) is 0. The molecule has 0 spiro atoms. The third-order valence-corrected chi connectivity index (χ3v) is 1.96. The molecule has 0 saturated carbocycles. The summed E-state index contributed by atoms with van der Waals surface area (Å²) in [6, 6.07) is 15.0. The monoisotopic (exact) mass is 199 g/mol. The number of pyridine rings is 1. The first-order valence-electron chi connectivity index (χ1n) is 4.53. The van der Waals surface area contributed by atoms with Crippen LogP contribution in [0, 0.1) is 0 Å². The van der Waals surface area contributed by atoms with Crippen LogP contribution in [-0.2, 0) is 4.79 Å². The Balaban J connectivity index is 2.37. The summed E-state index contributed by atoms with van der Waals surface area (Å²) in [6.07, 6.45) is 0. The van der Waals surface area contributed by atoms with Gasteiger partial charge in [-0.3, -0.25) is 4.79 Å². The van der Waals surface area contributed by atoms with Crippen molar-refractivity contribution in [3.63, 3.8) is 0 Å². The molecule has 0 unspecified atom stereocenters. The Labute approximate surface area is 87.3 Å². The summed E-state index contributed by atoms with van der Waals surface area (Å²) in [6.45, 7) is 0.372. The quantitative estimate of drug-likeness (QED) is 0.712. The Morgan fingerprint density at radius 1 is 1.00 bits per heavy atom. The topological polar surface area (TPSA) is 39.2 Å². The minimum atomic E-state index is 0.311. The summed E-state index contributed by atoms with van der Waals surface area (Å²) >= 11 is 0. The summed E-state index contributed by atoms with van der Waals surface area (Å²) in [4.78, 5) is 14.3. The van der Waals surface area contributed by atoms with Gasteiger partial charge in [-0.2, -0.15) is 0 Å². The second-order valence-corrected chi connectivity index (χ2v) is 2.94. The first kappa shape index (κ1) is 9.40. The van der Waals surface area contributed by atoms with Crippen LogP contribution in [0.1, 0.15) is 0 Å². The van der Waals surface area contributed by atoms with Crippen LogP contribution in [0.5, 0.6) is 5.88 Å². The molecule has 15 heavy (non-hydrogen) atoms. The van der Waals surface area contributed by atoms with Gasteiger partial charge in [0.25, 0.3) is 6.47 Å². The van der Waals surface area contributed by atoms with Crippen LogP contribution in [0.15, 0.2) is 48.5 Å². The van der Waals surface area contributed by atoms with E-state index in [1.807, 2.05) is 36.4 Å². The third-order valence-electron chi connectivity index (χ3n) is 1.96. The van der Waals surface area contributed by atoms with E-state index in [-0.39, 0.29) is 0 Å². The molecule has 3 nitrogen and oxygen atoms in total. The van der Waals surface area contributed by atoms with Crippen LogP contribution in [0.3, 0.4) is 0 Å². The van der Waals surface area contributed by atoms with Crippen molar-refractivity contribution >= 4 is 6.47 Å². The minimum Gasteiger partial charge on any atom is -0.410 e. The lowest BCUT2D eigenvalue weighted by Gasteiger charge is -2.01. The van der Waals surface area contributed by atoms with Crippen molar-refractivity contribution in [2.45, 2.75) is 0 Å². The zero-order valence-electron chi connectivity index (χ0n) is 7.96. The highest BCUT2D eigenvalue weighted by Crippen LogP contribution is 2.18. The van der Waals surface area contributed by atoms with Crippen molar-refractivity contribution in [1.82, 2.24) is 4.98 Å². The molecule has 0 saturated heterocycles. The van der Waals surface area contributed by atoms with E-state index in [0.717, 1.165) is 11.3 Å². The minimum absolute atomic E-state index is 0.311. The Bertz CT molecular complexity index is 454. The van der Waals surface area contributed by atoms with Gasteiger partial charge in [0.1, 0.15) is 0 Å². The van der Waals surface area contributed by atoms with Crippen molar-refractivity contribution in [3.8, 4) is 17.1 Å². The predicted molar refractivity (Wildman–Crippen MR) is 56.4 cm³/mol. The van der Waals surface area contributed by atoms with Gasteiger partial charge >= 0.3 is 0 Å². The Kier molecular flexibility index (Phi) is 2.74. The molecule has 0 bridgehead atoms. The molecule has 0 radical (unpaired) electrons. The van der Waals surface area contributed by atoms with E-state index in [2.05, 4.69) is 9.72 Å². The highest BCUT2D eigenvalue weighted by molar-refractivity contribution is 5.59. The van der Waals surface area contributed by atoms with Crippen molar-refractivity contribution in [3.05, 3.63) is 48.5 Å². The predicted octanol–water partition coefficient (Wildman–Crippen LogP) is 2.28. The van der Waals surface area contributed by atoms with E-state index < -0.39 is 0 Å². The molecule has 1 aromatic heterocycles. The Morgan fingerprint density at radius 2 is 1.80 bits per heavy atom. The normalized spacial score (nSPS) is 9.60. The summed E-state index contributed by atoms with van der Waals surface area (Å²) < 4.78 is 4.68. The SMILES string of the molecule is O=COc1cccc(-c2ccccc2)n1. The van der Waals surface area contributed by atoms with Gasteiger partial charge < -0.3 is 4.74 Å². The van der Waals surface area contributed by atoms with Crippen LogP contribution in [-0.4, -0.2) is 11.5 Å². The van der Waals surface area contributed by atoms with Crippen LogP contribution >= 0.6 is 0 Å². The lowest BCUT2D eigenvalue weighted by molar-refractivity contribution is -0.120. The molecule has 2 rings (SSSR count). The standard InChI is InChI=1S/C12H9NO2/c14-9-15-12-8-4-7-11(13-12)10-5-2-1-3-6-10/h1-9H. The average Bonchev–Trinajstić information content (AvgIpc) is 2.31. The lowest BCUT2D eigenvalue weighted by atomic mass is 10.1. The molecule has 1 aromatic carbocycles. The molecule has 0 atom stereocenters. The van der Waals surface area contributed by atoms with E-state index in [1.165, 1.54) is 0 Å². The van der Waals surface area contributed by atoms with Gasteiger partial charge in [0.2, 0.25) is 5.88 Å². The number of benzene rings is 1. The number of ether oxygens (including phenoxy) is 1. The summed E-state index contributed by atoms with van der Waals surface area (Å²) in [5.74, 6) is 0.311. The summed E-state index contributed by atoms with van der Waals surface area (Å²) in [5.41, 5.74) is 1.78. The molecular formula is C12H9NO2. The Hall–Kier alpha value is -2.16. The number of hydrogen-bond acceptors (Lipinski definition) is 3. The first-order chi connectivity index (χ1) is 7.40. The molecule has 0 N–H and O–H groups in total. The van der Waals surface area contributed by atoms with Crippen LogP contribution < -0.4 is 4.74 Å². The van der Waals surface area contributed by atoms with Gasteiger partial charge in [-0.25, -0.2) is 4.98 Å². The lowest BCUT2D eigenvalue weighted by Crippen LogP contribution is -1.92. The van der Waals surface area contributed by atoms with Crippen LogP contribution in [0.25, 0.3) is 11.3 Å². The molecule has 0 aliphatic carbocycles. The van der Waals surface area contributed by atoms with Crippen molar-refractivity contribution in [1.29, 1.82) is 0 Å². The molecule has 3 heteroatoms. The fraction of sp³-hybridized carbons (Fsp3) is 0. The summed E-state index contributed by atoms with van der Waals surface area (Å²) in [7, 11) is 0. The van der Waals surface area contributed by atoms with Gasteiger partial charge in [-0.05, 0) is 6.07 Å². The van der Waals surface area contributed by atoms with Gasteiger partial charge in [0.05, 0.1) is 5.69 Å². The molecule has 0 aliphatic rings. The smallest absolute Gasteiger partial charge is 0.299 e. The van der Waals surface area contributed by atoms with Crippen LogP contribution in [0.2, 0.25) is 0 Å². The van der Waals surface area contributed by atoms with Gasteiger partial charge in [-0.1, -0.05) is 36.4 Å². The van der Waals surface area contributed by atoms with E-state index in [4.69, 9.17) is 0 Å². The zero-order valence-corrected chi connectivity index (χ0v) is 7.96. The molecule has 2 aromatic rings. The van der Waals surface area contributed by atoms with E-state index >= 15 is 0 Å². The van der Waals surface area contributed by atoms with Gasteiger partial charge in [-0.15, -0.1) is 0 Å². The molecule has 0 amide bonds. The van der Waals surface area contributed by atoms with Gasteiger partial charge in [0.15, 0.2) is 0 Å². The number of carbonyl (C=O) groups excluding carboxylic acids is 1. The fourth-order valence-corrected chi connectivity index (χ4v) is 1.30. The largest absolute Gasteiger partial charge is 0.410 e. The molecule has 74 valence electrons. The highest BCUT2D eigenvalue weighted by atomic mass is 16.5. The molecule has 1 heterocycles. The number of aromatic nitrogens is 1. The van der Waals surface area contributed by atoms with Crippen molar-refractivity contribution in [2.24, 2.45) is 0 Å².